The number of para-hydroxylation sites is 1. The van der Waals surface area contributed by atoms with E-state index in [0.717, 1.165) is 28.1 Å². The molecule has 4 nitrogen and oxygen atoms in total. The SMILES string of the molecule is O=C1/C(=C/c2cn(-c3ccccc3)nc2-c2ccc(Cl)cc2)SC(=S)N1Cc1ccc(F)cc1. The average molecular weight is 506 g/mol. The molecule has 0 aliphatic carbocycles. The smallest absolute Gasteiger partial charge is 0.266 e. The fraction of sp³-hybridized carbons (Fsp3) is 0.0385. The van der Waals surface area contributed by atoms with Gasteiger partial charge in [0.05, 0.1) is 22.8 Å². The molecule has 1 saturated heterocycles. The monoisotopic (exact) mass is 505 g/mol. The number of thioether (sulfide) groups is 1. The maximum absolute atomic E-state index is 13.2. The van der Waals surface area contributed by atoms with Crippen LogP contribution in [0.3, 0.4) is 0 Å². The summed E-state index contributed by atoms with van der Waals surface area (Å²) < 4.78 is 15.5. The van der Waals surface area contributed by atoms with E-state index in [0.29, 0.717) is 14.2 Å². The third kappa shape index (κ3) is 4.68. The van der Waals surface area contributed by atoms with Gasteiger partial charge in [-0.3, -0.25) is 9.69 Å². The zero-order valence-electron chi connectivity index (χ0n) is 17.7. The zero-order valence-corrected chi connectivity index (χ0v) is 20.1. The van der Waals surface area contributed by atoms with Crippen LogP contribution >= 0.6 is 35.6 Å². The molecule has 8 heteroatoms. The molecule has 1 fully saturated rings. The van der Waals surface area contributed by atoms with Crippen LogP contribution in [0.25, 0.3) is 23.0 Å². The van der Waals surface area contributed by atoms with Gasteiger partial charge >= 0.3 is 0 Å². The average Bonchev–Trinajstić information content (AvgIpc) is 3.38. The molecule has 0 atom stereocenters. The number of benzene rings is 3. The van der Waals surface area contributed by atoms with Gasteiger partial charge in [0.2, 0.25) is 0 Å². The first kappa shape index (κ1) is 22.5. The van der Waals surface area contributed by atoms with Crippen molar-refractivity contribution in [1.29, 1.82) is 0 Å². The van der Waals surface area contributed by atoms with Gasteiger partial charge in [0.15, 0.2) is 0 Å². The molecule has 3 aromatic carbocycles. The maximum atomic E-state index is 13.2. The molecule has 0 saturated carbocycles. The van der Waals surface area contributed by atoms with E-state index in [-0.39, 0.29) is 18.3 Å². The number of amides is 1. The van der Waals surface area contributed by atoms with E-state index in [9.17, 15) is 9.18 Å². The molecule has 1 aliphatic heterocycles. The Morgan fingerprint density at radius 2 is 1.71 bits per heavy atom. The van der Waals surface area contributed by atoms with Gasteiger partial charge in [0.1, 0.15) is 10.1 Å². The number of carbonyl (C=O) groups excluding carboxylic acids is 1. The number of thiocarbonyl (C=S) groups is 1. The van der Waals surface area contributed by atoms with Crippen LogP contribution in [0.5, 0.6) is 0 Å². The second-order valence-electron chi connectivity index (χ2n) is 7.61. The topological polar surface area (TPSA) is 38.1 Å². The Morgan fingerprint density at radius 1 is 1.00 bits per heavy atom. The van der Waals surface area contributed by atoms with E-state index in [1.165, 1.54) is 28.8 Å². The highest BCUT2D eigenvalue weighted by atomic mass is 35.5. The van der Waals surface area contributed by atoms with Crippen LogP contribution < -0.4 is 0 Å². The minimum Gasteiger partial charge on any atom is -0.288 e. The summed E-state index contributed by atoms with van der Waals surface area (Å²) in [6, 6.07) is 23.2. The molecule has 2 heterocycles. The maximum Gasteiger partial charge on any atom is 0.266 e. The molecule has 0 spiro atoms. The van der Waals surface area contributed by atoms with E-state index < -0.39 is 0 Å². The number of hydrogen-bond acceptors (Lipinski definition) is 4. The van der Waals surface area contributed by atoms with E-state index >= 15 is 0 Å². The molecule has 0 unspecified atom stereocenters. The van der Waals surface area contributed by atoms with Gasteiger partial charge < -0.3 is 0 Å². The van der Waals surface area contributed by atoms with Crippen LogP contribution in [0.1, 0.15) is 11.1 Å². The lowest BCUT2D eigenvalue weighted by molar-refractivity contribution is -0.122. The van der Waals surface area contributed by atoms with Gasteiger partial charge in [-0.1, -0.05) is 78.0 Å². The fourth-order valence-electron chi connectivity index (χ4n) is 3.59. The molecular weight excluding hydrogens is 489 g/mol. The Labute approximate surface area is 210 Å². The van der Waals surface area contributed by atoms with Crippen LogP contribution in [-0.4, -0.2) is 24.9 Å². The summed E-state index contributed by atoms with van der Waals surface area (Å²) in [5, 5.41) is 5.42. The van der Waals surface area contributed by atoms with Gasteiger partial charge in [-0.05, 0) is 48.0 Å². The molecule has 1 aliphatic rings. The summed E-state index contributed by atoms with van der Waals surface area (Å²) in [7, 11) is 0. The Morgan fingerprint density at radius 3 is 2.41 bits per heavy atom. The van der Waals surface area contributed by atoms with Gasteiger partial charge in [0.25, 0.3) is 5.91 Å². The Bertz CT molecular complexity index is 1400. The first-order valence-electron chi connectivity index (χ1n) is 10.4. The summed E-state index contributed by atoms with van der Waals surface area (Å²) in [5.41, 5.74) is 4.10. The van der Waals surface area contributed by atoms with Crippen LogP contribution in [0, 0.1) is 5.82 Å². The van der Waals surface area contributed by atoms with Crippen molar-refractivity contribution in [2.45, 2.75) is 6.54 Å². The van der Waals surface area contributed by atoms with Crippen molar-refractivity contribution in [3.05, 3.63) is 112 Å². The Kier molecular flexibility index (Phi) is 6.32. The number of carbonyl (C=O) groups is 1. The second kappa shape index (κ2) is 9.54. The predicted molar refractivity (Wildman–Crippen MR) is 139 cm³/mol. The minimum absolute atomic E-state index is 0.186. The fourth-order valence-corrected chi connectivity index (χ4v) is 4.96. The lowest BCUT2D eigenvalue weighted by Gasteiger charge is -2.14. The Hall–Kier alpha value is -3.26. The summed E-state index contributed by atoms with van der Waals surface area (Å²) in [6.07, 6.45) is 3.71. The number of nitrogens with zero attached hydrogens (tertiary/aromatic N) is 3. The van der Waals surface area contributed by atoms with Crippen molar-refractivity contribution in [3.8, 4) is 16.9 Å². The van der Waals surface area contributed by atoms with Crippen LogP contribution in [0.4, 0.5) is 4.39 Å². The van der Waals surface area contributed by atoms with Crippen molar-refractivity contribution >= 4 is 51.9 Å². The van der Waals surface area contributed by atoms with E-state index in [1.807, 2.05) is 66.9 Å². The molecule has 0 N–H and O–H groups in total. The highest BCUT2D eigenvalue weighted by Crippen LogP contribution is 2.36. The summed E-state index contributed by atoms with van der Waals surface area (Å²) in [5.74, 6) is -0.506. The van der Waals surface area contributed by atoms with Gasteiger partial charge in [0, 0.05) is 22.3 Å². The van der Waals surface area contributed by atoms with E-state index in [1.54, 1.807) is 16.8 Å². The number of aromatic nitrogens is 2. The Balaban J connectivity index is 1.51. The molecule has 1 aromatic heterocycles. The van der Waals surface area contributed by atoms with Gasteiger partial charge in [-0.15, -0.1) is 0 Å². The molecule has 5 rings (SSSR count). The number of rotatable bonds is 5. The standard InChI is InChI=1S/C26H17ClFN3OS2/c27-20-10-8-18(9-11-20)24-19(16-31(29-24)22-4-2-1-3-5-22)14-23-25(32)30(26(33)34-23)15-17-6-12-21(28)13-7-17/h1-14,16H,15H2/b23-14-. The van der Waals surface area contributed by atoms with Crippen molar-refractivity contribution in [3.63, 3.8) is 0 Å². The highest BCUT2D eigenvalue weighted by molar-refractivity contribution is 8.26. The molecule has 0 bridgehead atoms. The summed E-state index contributed by atoms with van der Waals surface area (Å²) >= 11 is 12.8. The lowest BCUT2D eigenvalue weighted by atomic mass is 10.1. The largest absolute Gasteiger partial charge is 0.288 e. The third-order valence-corrected chi connectivity index (χ3v) is 6.92. The molecule has 0 radical (unpaired) electrons. The predicted octanol–water partition coefficient (Wildman–Crippen LogP) is 6.73. The normalized spacial score (nSPS) is 14.9. The molecule has 4 aromatic rings. The number of halogens is 2. The van der Waals surface area contributed by atoms with Crippen molar-refractivity contribution in [1.82, 2.24) is 14.7 Å². The second-order valence-corrected chi connectivity index (χ2v) is 9.73. The highest BCUT2D eigenvalue weighted by Gasteiger charge is 2.32. The molecule has 1 amide bonds. The van der Waals surface area contributed by atoms with E-state index in [4.69, 9.17) is 28.9 Å². The molecule has 34 heavy (non-hydrogen) atoms. The molecular formula is C26H17ClFN3OS2. The number of hydrogen-bond donors (Lipinski definition) is 0. The van der Waals surface area contributed by atoms with Gasteiger partial charge in [-0.2, -0.15) is 5.10 Å². The summed E-state index contributed by atoms with van der Waals surface area (Å²) in [6.45, 7) is 0.287. The third-order valence-electron chi connectivity index (χ3n) is 5.30. The first-order chi connectivity index (χ1) is 16.5. The van der Waals surface area contributed by atoms with Crippen molar-refractivity contribution in [2.24, 2.45) is 0 Å². The van der Waals surface area contributed by atoms with Crippen LogP contribution in [-0.2, 0) is 11.3 Å². The lowest BCUT2D eigenvalue weighted by Crippen LogP contribution is -2.27. The minimum atomic E-state index is -0.320. The van der Waals surface area contributed by atoms with Crippen LogP contribution in [0.15, 0.2) is 90.0 Å². The quantitative estimate of drug-likeness (QED) is 0.222. The van der Waals surface area contributed by atoms with Crippen molar-refractivity contribution in [2.75, 3.05) is 0 Å². The molecule has 168 valence electrons. The summed E-state index contributed by atoms with van der Waals surface area (Å²) in [4.78, 5) is 15.2. The van der Waals surface area contributed by atoms with Crippen LogP contribution in [0.2, 0.25) is 5.02 Å². The first-order valence-corrected chi connectivity index (χ1v) is 12.0. The van der Waals surface area contributed by atoms with Gasteiger partial charge in [-0.25, -0.2) is 9.07 Å². The van der Waals surface area contributed by atoms with Crippen molar-refractivity contribution < 1.29 is 9.18 Å². The zero-order chi connectivity index (χ0) is 23.7. The van der Waals surface area contributed by atoms with E-state index in [2.05, 4.69) is 0 Å².